The molecule has 2 spiro atoms. The molecule has 2 fully saturated rings. The molecule has 1 saturated heterocycles. The molecule has 0 unspecified atom stereocenters. The highest BCUT2D eigenvalue weighted by Gasteiger charge is 2.79. The van der Waals surface area contributed by atoms with Crippen LogP contribution < -0.4 is 4.74 Å². The number of ether oxygens (including phenoxy) is 3. The van der Waals surface area contributed by atoms with Gasteiger partial charge in [-0.1, -0.05) is 48.6 Å². The minimum Gasteiger partial charge on any atom is -0.504 e. The average molecular weight is 460 g/mol. The van der Waals surface area contributed by atoms with Gasteiger partial charge in [0.15, 0.2) is 11.5 Å². The van der Waals surface area contributed by atoms with Gasteiger partial charge in [0.05, 0.1) is 18.1 Å². The monoisotopic (exact) mass is 459 g/mol. The third-order valence-electron chi connectivity index (χ3n) is 10.0. The number of benzene rings is 2. The molecule has 5 nitrogen and oxygen atoms in total. The second-order valence-electron chi connectivity index (χ2n) is 11.1. The van der Waals surface area contributed by atoms with Gasteiger partial charge in [-0.15, -0.1) is 0 Å². The predicted molar refractivity (Wildman–Crippen MR) is 129 cm³/mol. The van der Waals surface area contributed by atoms with E-state index in [1.165, 1.54) is 16.7 Å². The summed E-state index contributed by atoms with van der Waals surface area (Å²) in [7, 11) is 4.09. The third kappa shape index (κ3) is 2.27. The highest BCUT2D eigenvalue weighted by Crippen LogP contribution is 2.74. The standard InChI is InChI=1S/C29H33NO4/c1-18(33-17-19-7-5-4-6-8-19)21-16-27-11-12-29(21,32-3)26-28(27)13-14-30(2)23(27)15-20-9-10-22(31)25(34-26)24(20)28/h4-12,18,21,23,26,31H,13-17H2,1-3H3/t18-,21-,23-,26-,27-,28+,29-/m1/s1. The van der Waals surface area contributed by atoms with Gasteiger partial charge in [-0.05, 0) is 57.0 Å². The van der Waals surface area contributed by atoms with E-state index in [1.807, 2.05) is 19.2 Å². The molecule has 7 atom stereocenters. The molecular formula is C29H33NO4. The lowest BCUT2D eigenvalue weighted by molar-refractivity contribution is -0.234. The second kappa shape index (κ2) is 6.87. The summed E-state index contributed by atoms with van der Waals surface area (Å²) >= 11 is 0. The fourth-order valence-corrected chi connectivity index (χ4v) is 8.56. The van der Waals surface area contributed by atoms with Gasteiger partial charge in [0.2, 0.25) is 0 Å². The number of rotatable bonds is 5. The Bertz CT molecular complexity index is 1180. The zero-order valence-corrected chi connectivity index (χ0v) is 20.2. The Morgan fingerprint density at radius 2 is 2.00 bits per heavy atom. The van der Waals surface area contributed by atoms with Crippen molar-refractivity contribution in [3.05, 3.63) is 71.3 Å². The summed E-state index contributed by atoms with van der Waals surface area (Å²) in [6.45, 7) is 3.80. The minimum atomic E-state index is -0.599. The van der Waals surface area contributed by atoms with Crippen LogP contribution in [0, 0.1) is 11.3 Å². The Balaban J connectivity index is 1.36. The maximum absolute atomic E-state index is 10.9. The van der Waals surface area contributed by atoms with Crippen molar-refractivity contribution in [1.82, 2.24) is 4.90 Å². The van der Waals surface area contributed by atoms with Crippen molar-refractivity contribution < 1.29 is 19.3 Å². The fourth-order valence-electron chi connectivity index (χ4n) is 8.56. The number of likely N-dealkylation sites (N-methyl/N-ethyl adjacent to an activating group) is 1. The largest absolute Gasteiger partial charge is 0.504 e. The summed E-state index contributed by atoms with van der Waals surface area (Å²) in [6.07, 6.45) is 7.58. The van der Waals surface area contributed by atoms with Crippen LogP contribution in [0.15, 0.2) is 54.6 Å². The predicted octanol–water partition coefficient (Wildman–Crippen LogP) is 4.22. The van der Waals surface area contributed by atoms with Crippen LogP contribution in [-0.4, -0.2) is 54.6 Å². The highest BCUT2D eigenvalue weighted by molar-refractivity contribution is 5.65. The molecule has 4 bridgehead atoms. The van der Waals surface area contributed by atoms with Crippen LogP contribution in [0.2, 0.25) is 0 Å². The molecule has 1 saturated carbocycles. The van der Waals surface area contributed by atoms with Crippen LogP contribution >= 0.6 is 0 Å². The van der Waals surface area contributed by atoms with Gasteiger partial charge in [0.25, 0.3) is 0 Å². The Morgan fingerprint density at radius 1 is 1.18 bits per heavy atom. The first kappa shape index (κ1) is 21.0. The number of piperidine rings is 1. The quantitative estimate of drug-likeness (QED) is 0.679. The van der Waals surface area contributed by atoms with Crippen molar-refractivity contribution in [3.63, 3.8) is 0 Å². The zero-order valence-electron chi connectivity index (χ0n) is 20.2. The average Bonchev–Trinajstić information content (AvgIpc) is 3.24. The molecule has 0 amide bonds. The first-order valence-corrected chi connectivity index (χ1v) is 12.6. The summed E-state index contributed by atoms with van der Waals surface area (Å²) in [5, 5.41) is 10.9. The molecule has 2 aromatic rings. The molecular weight excluding hydrogens is 426 g/mol. The van der Waals surface area contributed by atoms with E-state index in [1.54, 1.807) is 0 Å². The van der Waals surface area contributed by atoms with E-state index in [-0.39, 0.29) is 34.7 Å². The lowest BCUT2D eigenvalue weighted by atomic mass is 9.37. The minimum absolute atomic E-state index is 0.00679. The molecule has 5 heteroatoms. The molecule has 178 valence electrons. The van der Waals surface area contributed by atoms with Crippen LogP contribution in [0.3, 0.4) is 0 Å². The fraction of sp³-hybridized carbons (Fsp3) is 0.517. The van der Waals surface area contributed by atoms with E-state index in [2.05, 4.69) is 61.4 Å². The molecule has 0 radical (unpaired) electrons. The van der Waals surface area contributed by atoms with Gasteiger partial charge < -0.3 is 24.2 Å². The molecule has 2 aromatic carbocycles. The number of phenols is 1. The molecule has 2 aliphatic heterocycles. The summed E-state index contributed by atoms with van der Waals surface area (Å²) in [4.78, 5) is 2.55. The van der Waals surface area contributed by atoms with Gasteiger partial charge >= 0.3 is 0 Å². The van der Waals surface area contributed by atoms with E-state index < -0.39 is 5.60 Å². The molecule has 1 N–H and O–H groups in total. The van der Waals surface area contributed by atoms with Crippen molar-refractivity contribution in [3.8, 4) is 11.5 Å². The first-order chi connectivity index (χ1) is 16.5. The summed E-state index contributed by atoms with van der Waals surface area (Å²) in [5.74, 6) is 1.10. The van der Waals surface area contributed by atoms with Crippen LogP contribution in [0.25, 0.3) is 0 Å². The van der Waals surface area contributed by atoms with E-state index >= 15 is 0 Å². The van der Waals surface area contributed by atoms with Crippen LogP contribution in [-0.2, 0) is 27.9 Å². The normalized spacial score (nSPS) is 39.6. The summed E-state index contributed by atoms with van der Waals surface area (Å²) in [6, 6.07) is 14.7. The maximum Gasteiger partial charge on any atom is 0.165 e. The Labute approximate surface area is 201 Å². The van der Waals surface area contributed by atoms with Gasteiger partial charge in [-0.25, -0.2) is 0 Å². The maximum atomic E-state index is 10.9. The van der Waals surface area contributed by atoms with Crippen LogP contribution in [0.1, 0.15) is 36.5 Å². The molecule has 4 aliphatic carbocycles. The van der Waals surface area contributed by atoms with Gasteiger partial charge in [0, 0.05) is 30.0 Å². The van der Waals surface area contributed by atoms with Crippen molar-refractivity contribution in [1.29, 1.82) is 0 Å². The first-order valence-electron chi connectivity index (χ1n) is 12.6. The van der Waals surface area contributed by atoms with Crippen LogP contribution in [0.5, 0.6) is 11.5 Å². The summed E-state index contributed by atoms with van der Waals surface area (Å²) in [5.41, 5.74) is 2.93. The molecule has 2 heterocycles. The number of aromatic hydroxyl groups is 1. The Hall–Kier alpha value is -2.34. The van der Waals surface area contributed by atoms with E-state index in [4.69, 9.17) is 14.2 Å². The third-order valence-corrected chi connectivity index (χ3v) is 10.0. The van der Waals surface area contributed by atoms with Gasteiger partial charge in [-0.2, -0.15) is 0 Å². The van der Waals surface area contributed by atoms with Gasteiger partial charge in [-0.3, -0.25) is 0 Å². The van der Waals surface area contributed by atoms with Crippen molar-refractivity contribution in [2.45, 2.75) is 62.1 Å². The Kier molecular flexibility index (Phi) is 4.24. The summed E-state index contributed by atoms with van der Waals surface area (Å²) < 4.78 is 19.8. The number of fused-ring (bicyclic) bond motifs is 1. The molecule has 34 heavy (non-hydrogen) atoms. The number of methoxy groups -OCH3 is 1. The van der Waals surface area contributed by atoms with E-state index in [9.17, 15) is 5.11 Å². The second-order valence-corrected chi connectivity index (χ2v) is 11.1. The number of hydrogen-bond acceptors (Lipinski definition) is 5. The lowest BCUT2D eigenvalue weighted by Crippen LogP contribution is -2.79. The van der Waals surface area contributed by atoms with Crippen molar-refractivity contribution in [2.24, 2.45) is 11.3 Å². The molecule has 8 rings (SSSR count). The van der Waals surface area contributed by atoms with E-state index in [0.717, 1.165) is 25.8 Å². The number of hydrogen-bond donors (Lipinski definition) is 1. The topological polar surface area (TPSA) is 51.2 Å². The van der Waals surface area contributed by atoms with E-state index in [0.29, 0.717) is 18.4 Å². The number of likely N-dealkylation sites (tertiary alicyclic amines) is 1. The molecule has 0 aromatic heterocycles. The number of phenolic OH excluding ortho intramolecular Hbond substituents is 1. The molecule has 6 aliphatic rings. The van der Waals surface area contributed by atoms with Crippen molar-refractivity contribution >= 4 is 0 Å². The Morgan fingerprint density at radius 3 is 2.79 bits per heavy atom. The lowest BCUT2D eigenvalue weighted by Gasteiger charge is -2.71. The highest BCUT2D eigenvalue weighted by atomic mass is 16.6. The van der Waals surface area contributed by atoms with Gasteiger partial charge in [0.1, 0.15) is 11.7 Å². The number of nitrogens with zero attached hydrogens (tertiary/aromatic N) is 1. The van der Waals surface area contributed by atoms with Crippen LogP contribution in [0.4, 0.5) is 0 Å². The SMILES string of the molecule is CO[C@]12C=C[C@@]3(C[C@@H]1[C@@H](C)OCc1ccccc1)[C@H]1Cc4ccc(O)c5c4[C@@]3(CCN1C)[C@H]2O5. The smallest absolute Gasteiger partial charge is 0.165 e. The zero-order chi connectivity index (χ0) is 23.3. The van der Waals surface area contributed by atoms with Crippen molar-refractivity contribution in [2.75, 3.05) is 20.7 Å².